The number of rotatable bonds is 5. The predicted molar refractivity (Wildman–Crippen MR) is 92.8 cm³/mol. The van der Waals surface area contributed by atoms with Crippen molar-refractivity contribution >= 4 is 22.4 Å². The van der Waals surface area contributed by atoms with Gasteiger partial charge in [-0.15, -0.1) is 11.3 Å². The number of nitrogens with zero attached hydrogens (tertiary/aromatic N) is 4. The van der Waals surface area contributed by atoms with Crippen molar-refractivity contribution in [3.8, 4) is 0 Å². The van der Waals surface area contributed by atoms with E-state index in [1.807, 2.05) is 4.90 Å². The summed E-state index contributed by atoms with van der Waals surface area (Å²) in [5.41, 5.74) is 1.12. The maximum Gasteiger partial charge on any atom is 0.225 e. The maximum atomic E-state index is 11.8. The number of anilines is 1. The lowest BCUT2D eigenvalue weighted by Crippen LogP contribution is -2.35. The highest BCUT2D eigenvalue weighted by atomic mass is 32.1. The Morgan fingerprint density at radius 1 is 1.30 bits per heavy atom. The molecule has 1 aliphatic carbocycles. The fourth-order valence-electron chi connectivity index (χ4n) is 3.95. The van der Waals surface area contributed by atoms with Crippen molar-refractivity contribution in [2.24, 2.45) is 0 Å². The standard InChI is InChI=1S/C17H26N4OS/c1-13(22)21(15-4-5-15)17-18-14(12-23-17)10-19-9-6-16(11-19)20-7-2-3-8-20/h12,15-16H,2-11H2,1H3. The number of aromatic nitrogens is 1. The lowest BCUT2D eigenvalue weighted by atomic mass is 10.2. The van der Waals surface area contributed by atoms with Gasteiger partial charge in [0.05, 0.1) is 5.69 Å². The van der Waals surface area contributed by atoms with Gasteiger partial charge in [0.1, 0.15) is 0 Å². The van der Waals surface area contributed by atoms with Crippen LogP contribution in [0.1, 0.15) is 44.7 Å². The Balaban J connectivity index is 1.35. The zero-order valence-electron chi connectivity index (χ0n) is 13.9. The summed E-state index contributed by atoms with van der Waals surface area (Å²) in [5, 5.41) is 3.03. The average Bonchev–Trinajstić information content (AvgIpc) is 2.98. The van der Waals surface area contributed by atoms with E-state index in [-0.39, 0.29) is 5.91 Å². The monoisotopic (exact) mass is 334 g/mol. The first-order valence-corrected chi connectivity index (χ1v) is 9.79. The molecule has 2 saturated heterocycles. The molecule has 1 aromatic rings. The predicted octanol–water partition coefficient (Wildman–Crippen LogP) is 2.33. The van der Waals surface area contributed by atoms with Crippen molar-refractivity contribution in [2.45, 2.75) is 57.7 Å². The molecule has 1 atom stereocenters. The summed E-state index contributed by atoms with van der Waals surface area (Å²) in [7, 11) is 0. The molecule has 3 heterocycles. The van der Waals surface area contributed by atoms with Gasteiger partial charge in [0.25, 0.3) is 0 Å². The lowest BCUT2D eigenvalue weighted by Gasteiger charge is -2.23. The Morgan fingerprint density at radius 3 is 2.78 bits per heavy atom. The van der Waals surface area contributed by atoms with Crippen molar-refractivity contribution in [1.29, 1.82) is 0 Å². The summed E-state index contributed by atoms with van der Waals surface area (Å²) in [6, 6.07) is 1.15. The zero-order chi connectivity index (χ0) is 15.8. The van der Waals surface area contributed by atoms with Crippen LogP contribution in [0.2, 0.25) is 0 Å². The first-order chi connectivity index (χ1) is 11.2. The van der Waals surface area contributed by atoms with Gasteiger partial charge >= 0.3 is 0 Å². The molecule has 3 aliphatic rings. The topological polar surface area (TPSA) is 39.7 Å². The fraction of sp³-hybridized carbons (Fsp3) is 0.765. The van der Waals surface area contributed by atoms with Gasteiger partial charge in [0.15, 0.2) is 5.13 Å². The van der Waals surface area contributed by atoms with Gasteiger partial charge < -0.3 is 0 Å². The summed E-state index contributed by atoms with van der Waals surface area (Å²) < 4.78 is 0. The average molecular weight is 334 g/mol. The van der Waals surface area contributed by atoms with Crippen LogP contribution in [0.5, 0.6) is 0 Å². The molecule has 126 valence electrons. The number of likely N-dealkylation sites (tertiary alicyclic amines) is 2. The summed E-state index contributed by atoms with van der Waals surface area (Å²) in [4.78, 5) is 23.7. The van der Waals surface area contributed by atoms with E-state index < -0.39 is 0 Å². The normalized spacial score (nSPS) is 26.0. The van der Waals surface area contributed by atoms with Gasteiger partial charge in [-0.1, -0.05) is 0 Å². The van der Waals surface area contributed by atoms with Gasteiger partial charge in [-0.3, -0.25) is 19.5 Å². The van der Waals surface area contributed by atoms with E-state index in [2.05, 4.69) is 15.2 Å². The Kier molecular flexibility index (Phi) is 4.39. The Hall–Kier alpha value is -0.980. The van der Waals surface area contributed by atoms with Crippen LogP contribution in [0, 0.1) is 0 Å². The summed E-state index contributed by atoms with van der Waals surface area (Å²) >= 11 is 1.62. The smallest absolute Gasteiger partial charge is 0.225 e. The largest absolute Gasteiger partial charge is 0.299 e. The van der Waals surface area contributed by atoms with Crippen LogP contribution in [0.3, 0.4) is 0 Å². The molecule has 4 rings (SSSR count). The van der Waals surface area contributed by atoms with E-state index in [0.29, 0.717) is 6.04 Å². The quantitative estimate of drug-likeness (QED) is 0.828. The lowest BCUT2D eigenvalue weighted by molar-refractivity contribution is -0.116. The summed E-state index contributed by atoms with van der Waals surface area (Å²) in [5.74, 6) is 0.128. The Labute approximate surface area is 142 Å². The van der Waals surface area contributed by atoms with E-state index in [0.717, 1.165) is 36.3 Å². The van der Waals surface area contributed by atoms with Crippen LogP contribution >= 0.6 is 11.3 Å². The third kappa shape index (κ3) is 3.44. The molecule has 3 fully saturated rings. The minimum atomic E-state index is 0.128. The fourth-order valence-corrected chi connectivity index (χ4v) is 4.88. The number of amides is 1. The molecule has 0 bridgehead atoms. The van der Waals surface area contributed by atoms with E-state index in [9.17, 15) is 4.79 Å². The molecule has 5 nitrogen and oxygen atoms in total. The van der Waals surface area contributed by atoms with Crippen LogP contribution < -0.4 is 4.90 Å². The van der Waals surface area contributed by atoms with Crippen LogP contribution in [0.15, 0.2) is 5.38 Å². The number of hydrogen-bond donors (Lipinski definition) is 0. The highest BCUT2D eigenvalue weighted by Gasteiger charge is 2.34. The Morgan fingerprint density at radius 2 is 2.09 bits per heavy atom. The second-order valence-electron chi connectivity index (χ2n) is 7.16. The van der Waals surface area contributed by atoms with Crippen molar-refractivity contribution in [3.05, 3.63) is 11.1 Å². The summed E-state index contributed by atoms with van der Waals surface area (Å²) in [6.45, 7) is 7.50. The minimum Gasteiger partial charge on any atom is -0.299 e. The van der Waals surface area contributed by atoms with Gasteiger partial charge in [-0.25, -0.2) is 4.98 Å². The van der Waals surface area contributed by atoms with Gasteiger partial charge in [-0.2, -0.15) is 0 Å². The molecule has 1 amide bonds. The van der Waals surface area contributed by atoms with Crippen LogP contribution in [-0.2, 0) is 11.3 Å². The van der Waals surface area contributed by atoms with Gasteiger partial charge in [-0.05, 0) is 45.2 Å². The molecule has 0 aromatic carbocycles. The van der Waals surface area contributed by atoms with Gasteiger partial charge in [0.2, 0.25) is 5.91 Å². The highest BCUT2D eigenvalue weighted by molar-refractivity contribution is 7.14. The second kappa shape index (κ2) is 6.49. The SMILES string of the molecule is CC(=O)N(c1nc(CN2CCC(N3CCCC3)C2)cs1)C1CC1. The molecule has 1 saturated carbocycles. The number of carbonyl (C=O) groups excluding carboxylic acids is 1. The minimum absolute atomic E-state index is 0.128. The number of carbonyl (C=O) groups is 1. The van der Waals surface area contributed by atoms with E-state index in [1.54, 1.807) is 18.3 Å². The highest BCUT2D eigenvalue weighted by Crippen LogP contribution is 2.34. The van der Waals surface area contributed by atoms with Crippen molar-refractivity contribution < 1.29 is 4.79 Å². The van der Waals surface area contributed by atoms with Gasteiger partial charge in [0, 0.05) is 44.0 Å². The number of thiazole rings is 1. The second-order valence-corrected chi connectivity index (χ2v) is 8.00. The molecule has 1 aromatic heterocycles. The van der Waals surface area contributed by atoms with E-state index in [1.165, 1.54) is 45.4 Å². The van der Waals surface area contributed by atoms with Crippen LogP contribution in [0.4, 0.5) is 5.13 Å². The van der Waals surface area contributed by atoms with E-state index in [4.69, 9.17) is 4.98 Å². The third-order valence-electron chi connectivity index (χ3n) is 5.29. The summed E-state index contributed by atoms with van der Waals surface area (Å²) in [6.07, 6.45) is 6.27. The number of hydrogen-bond acceptors (Lipinski definition) is 5. The van der Waals surface area contributed by atoms with E-state index >= 15 is 0 Å². The Bertz CT molecular complexity index is 565. The van der Waals surface area contributed by atoms with Crippen LogP contribution in [-0.4, -0.2) is 59.0 Å². The molecule has 23 heavy (non-hydrogen) atoms. The van der Waals surface area contributed by atoms with Crippen molar-refractivity contribution in [1.82, 2.24) is 14.8 Å². The third-order valence-corrected chi connectivity index (χ3v) is 6.18. The first kappa shape index (κ1) is 15.5. The maximum absolute atomic E-state index is 11.8. The molecule has 0 N–H and O–H groups in total. The van der Waals surface area contributed by atoms with Crippen molar-refractivity contribution in [2.75, 3.05) is 31.1 Å². The molecule has 0 radical (unpaired) electrons. The molecular formula is C17H26N4OS. The first-order valence-electron chi connectivity index (χ1n) is 8.91. The van der Waals surface area contributed by atoms with Crippen LogP contribution in [0.25, 0.3) is 0 Å². The molecule has 1 unspecified atom stereocenters. The molecule has 6 heteroatoms. The van der Waals surface area contributed by atoms with Crippen molar-refractivity contribution in [3.63, 3.8) is 0 Å². The molecule has 0 spiro atoms. The molecular weight excluding hydrogens is 308 g/mol. The zero-order valence-corrected chi connectivity index (χ0v) is 14.7. The molecule has 2 aliphatic heterocycles.